The Bertz CT molecular complexity index is 939. The Balaban J connectivity index is 1.90. The SMILES string of the molecule is O=C1/C(=C/c2c(F)cccc2Cl)SC(=S)N1/N=C\c1c(F)cccc1Cl. The molecule has 1 heterocycles. The van der Waals surface area contributed by atoms with Gasteiger partial charge in [-0.2, -0.15) is 10.1 Å². The molecule has 0 bridgehead atoms. The molecular formula is C17H8Cl2F2N2OS2. The minimum Gasteiger partial charge on any atom is -0.266 e. The minimum atomic E-state index is -0.583. The molecule has 1 fully saturated rings. The fourth-order valence-electron chi connectivity index (χ4n) is 2.09. The lowest BCUT2D eigenvalue weighted by Gasteiger charge is -2.07. The van der Waals surface area contributed by atoms with Gasteiger partial charge in [0.05, 0.1) is 21.2 Å². The molecule has 2 aromatic carbocycles. The number of rotatable bonds is 3. The fourth-order valence-corrected chi connectivity index (χ4v) is 3.67. The number of hydrogen-bond acceptors (Lipinski definition) is 4. The monoisotopic (exact) mass is 428 g/mol. The number of halogens is 4. The second kappa shape index (κ2) is 7.84. The van der Waals surface area contributed by atoms with Crippen LogP contribution in [0.5, 0.6) is 0 Å². The average Bonchev–Trinajstić information content (AvgIpc) is 2.85. The summed E-state index contributed by atoms with van der Waals surface area (Å²) in [6.45, 7) is 0. The van der Waals surface area contributed by atoms with Crippen molar-refractivity contribution in [2.45, 2.75) is 0 Å². The van der Waals surface area contributed by atoms with E-state index in [1.165, 1.54) is 42.5 Å². The van der Waals surface area contributed by atoms with Crippen molar-refractivity contribution in [2.75, 3.05) is 0 Å². The maximum absolute atomic E-state index is 13.9. The lowest BCUT2D eigenvalue weighted by Crippen LogP contribution is -2.22. The first-order chi connectivity index (χ1) is 12.4. The van der Waals surface area contributed by atoms with Gasteiger partial charge >= 0.3 is 0 Å². The molecule has 1 saturated heterocycles. The average molecular weight is 429 g/mol. The molecule has 3 rings (SSSR count). The first kappa shape index (κ1) is 19.0. The number of hydrogen-bond donors (Lipinski definition) is 0. The molecule has 3 nitrogen and oxygen atoms in total. The van der Waals surface area contributed by atoms with Crippen molar-refractivity contribution in [2.24, 2.45) is 5.10 Å². The summed E-state index contributed by atoms with van der Waals surface area (Å²) in [7, 11) is 0. The number of thiocarbonyl (C=S) groups is 1. The second-order valence-electron chi connectivity index (χ2n) is 5.01. The van der Waals surface area contributed by atoms with Gasteiger partial charge in [-0.1, -0.05) is 47.1 Å². The quantitative estimate of drug-likeness (QED) is 0.367. The van der Waals surface area contributed by atoms with E-state index in [2.05, 4.69) is 5.10 Å². The maximum Gasteiger partial charge on any atom is 0.286 e. The lowest BCUT2D eigenvalue weighted by molar-refractivity contribution is -0.122. The van der Waals surface area contributed by atoms with Crippen LogP contribution in [0.2, 0.25) is 10.0 Å². The number of carbonyl (C=O) groups excluding carboxylic acids is 1. The van der Waals surface area contributed by atoms with Gasteiger partial charge in [-0.05, 0) is 42.6 Å². The van der Waals surface area contributed by atoms with Crippen LogP contribution in [0.4, 0.5) is 8.78 Å². The molecular weight excluding hydrogens is 421 g/mol. The molecule has 1 aliphatic rings. The van der Waals surface area contributed by atoms with E-state index in [1.54, 1.807) is 0 Å². The third-order valence-corrected chi connectivity index (χ3v) is 5.29. The largest absolute Gasteiger partial charge is 0.286 e. The van der Waals surface area contributed by atoms with Crippen molar-refractivity contribution in [3.63, 3.8) is 0 Å². The summed E-state index contributed by atoms with van der Waals surface area (Å²) in [6.07, 6.45) is 2.42. The van der Waals surface area contributed by atoms with E-state index in [1.807, 2.05) is 0 Å². The van der Waals surface area contributed by atoms with Crippen LogP contribution in [0.25, 0.3) is 6.08 Å². The van der Waals surface area contributed by atoms with Gasteiger partial charge in [-0.3, -0.25) is 4.79 Å². The Morgan fingerprint density at radius 1 is 1.04 bits per heavy atom. The van der Waals surface area contributed by atoms with Crippen LogP contribution >= 0.6 is 47.2 Å². The van der Waals surface area contributed by atoms with Crippen LogP contribution in [0.1, 0.15) is 11.1 Å². The van der Waals surface area contributed by atoms with Gasteiger partial charge in [0.2, 0.25) is 0 Å². The van der Waals surface area contributed by atoms with Gasteiger partial charge in [0, 0.05) is 11.1 Å². The molecule has 0 aromatic heterocycles. The van der Waals surface area contributed by atoms with Crippen molar-refractivity contribution in [1.29, 1.82) is 0 Å². The Labute approximate surface area is 167 Å². The Hall–Kier alpha value is -1.80. The Morgan fingerprint density at radius 3 is 2.19 bits per heavy atom. The van der Waals surface area contributed by atoms with Gasteiger partial charge in [-0.15, -0.1) is 0 Å². The summed E-state index contributed by atoms with van der Waals surface area (Å²) < 4.78 is 27.8. The van der Waals surface area contributed by atoms with E-state index in [9.17, 15) is 13.6 Å². The molecule has 0 radical (unpaired) electrons. The van der Waals surface area contributed by atoms with Crippen molar-refractivity contribution in [3.8, 4) is 0 Å². The van der Waals surface area contributed by atoms with Crippen LogP contribution in [0.3, 0.4) is 0 Å². The van der Waals surface area contributed by atoms with Crippen LogP contribution in [0.15, 0.2) is 46.4 Å². The lowest BCUT2D eigenvalue weighted by atomic mass is 10.2. The Morgan fingerprint density at radius 2 is 1.62 bits per heavy atom. The molecule has 9 heteroatoms. The van der Waals surface area contributed by atoms with Crippen LogP contribution in [-0.4, -0.2) is 21.5 Å². The van der Waals surface area contributed by atoms with E-state index < -0.39 is 17.5 Å². The minimum absolute atomic E-state index is 0.0318. The van der Waals surface area contributed by atoms with Crippen LogP contribution in [0, 0.1) is 11.6 Å². The van der Waals surface area contributed by atoms with Gasteiger partial charge in [0.15, 0.2) is 4.32 Å². The van der Waals surface area contributed by atoms with Gasteiger partial charge in [0.25, 0.3) is 5.91 Å². The smallest absolute Gasteiger partial charge is 0.266 e. The zero-order valence-electron chi connectivity index (χ0n) is 12.7. The summed E-state index contributed by atoms with van der Waals surface area (Å²) >= 11 is 17.9. The second-order valence-corrected chi connectivity index (χ2v) is 7.50. The van der Waals surface area contributed by atoms with E-state index >= 15 is 0 Å². The highest BCUT2D eigenvalue weighted by Crippen LogP contribution is 2.34. The standard InChI is InChI=1S/C17H8Cl2F2N2OS2/c18-11-3-1-5-13(20)9(11)7-15-16(24)23(17(25)26-15)22-8-10-12(19)4-2-6-14(10)21/h1-8H/b15-7-,22-8-. The van der Waals surface area contributed by atoms with E-state index in [0.29, 0.717) is 0 Å². The number of amides is 1. The number of thioether (sulfide) groups is 1. The molecule has 0 N–H and O–H groups in total. The molecule has 1 aliphatic heterocycles. The highest BCUT2D eigenvalue weighted by atomic mass is 35.5. The summed E-state index contributed by atoms with van der Waals surface area (Å²) in [5, 5.41) is 5.15. The van der Waals surface area contributed by atoms with Crippen molar-refractivity contribution in [3.05, 3.63) is 74.1 Å². The van der Waals surface area contributed by atoms with Gasteiger partial charge < -0.3 is 0 Å². The molecule has 0 spiro atoms. The zero-order chi connectivity index (χ0) is 18.8. The van der Waals surface area contributed by atoms with Gasteiger partial charge in [-0.25, -0.2) is 8.78 Å². The normalized spacial score (nSPS) is 16.3. The van der Waals surface area contributed by atoms with Crippen molar-refractivity contribution < 1.29 is 13.6 Å². The number of nitrogens with zero attached hydrogens (tertiary/aromatic N) is 2. The third kappa shape index (κ3) is 3.81. The summed E-state index contributed by atoms with van der Waals surface area (Å²) in [5.41, 5.74) is 0.111. The maximum atomic E-state index is 13.9. The van der Waals surface area contributed by atoms with Gasteiger partial charge in [0.1, 0.15) is 11.6 Å². The molecule has 2 aromatic rings. The molecule has 0 atom stereocenters. The molecule has 0 unspecified atom stereocenters. The summed E-state index contributed by atoms with van der Waals surface area (Å²) in [4.78, 5) is 12.6. The molecule has 26 heavy (non-hydrogen) atoms. The number of hydrazone groups is 1. The molecule has 0 aliphatic carbocycles. The third-order valence-electron chi connectivity index (χ3n) is 3.35. The van der Waals surface area contributed by atoms with E-state index in [-0.39, 0.29) is 30.4 Å². The van der Waals surface area contributed by atoms with Crippen LogP contribution < -0.4 is 0 Å². The molecule has 1 amide bonds. The number of benzene rings is 2. The summed E-state index contributed by atoms with van der Waals surface area (Å²) in [6, 6.07) is 8.37. The fraction of sp³-hybridized carbons (Fsp3) is 0. The van der Waals surface area contributed by atoms with Crippen LogP contribution in [-0.2, 0) is 4.79 Å². The summed E-state index contributed by atoms with van der Waals surface area (Å²) in [5.74, 6) is -1.71. The highest BCUT2D eigenvalue weighted by molar-refractivity contribution is 8.26. The topological polar surface area (TPSA) is 32.7 Å². The number of carbonyl (C=O) groups is 1. The van der Waals surface area contributed by atoms with E-state index in [0.717, 1.165) is 23.0 Å². The van der Waals surface area contributed by atoms with Crippen molar-refractivity contribution >= 4 is 69.7 Å². The zero-order valence-corrected chi connectivity index (χ0v) is 15.9. The molecule has 132 valence electrons. The first-order valence-corrected chi connectivity index (χ1v) is 9.06. The molecule has 0 saturated carbocycles. The first-order valence-electron chi connectivity index (χ1n) is 7.08. The van der Waals surface area contributed by atoms with Crippen molar-refractivity contribution in [1.82, 2.24) is 5.01 Å². The predicted molar refractivity (Wildman–Crippen MR) is 105 cm³/mol. The predicted octanol–water partition coefficient (Wildman–Crippen LogP) is 5.51. The Kier molecular flexibility index (Phi) is 5.72. The van der Waals surface area contributed by atoms with E-state index in [4.69, 9.17) is 35.4 Å². The highest BCUT2D eigenvalue weighted by Gasteiger charge is 2.32.